The van der Waals surface area contributed by atoms with Gasteiger partial charge in [-0.25, -0.2) is 0 Å². The van der Waals surface area contributed by atoms with Crippen LogP contribution in [0.15, 0.2) is 48.5 Å². The Bertz CT molecular complexity index is 624. The molecule has 2 atom stereocenters. The Hall–Kier alpha value is -1.45. The minimum atomic E-state index is -0.880. The van der Waals surface area contributed by atoms with Crippen LogP contribution in [-0.2, 0) is 16.6 Å². The van der Waals surface area contributed by atoms with Crippen LogP contribution < -0.4 is 5.32 Å². The highest BCUT2D eigenvalue weighted by Gasteiger charge is 2.15. The van der Waals surface area contributed by atoms with Gasteiger partial charge in [-0.15, -0.1) is 0 Å². The Labute approximate surface area is 130 Å². The molecule has 2 aromatic rings. The van der Waals surface area contributed by atoms with Crippen molar-refractivity contribution in [1.82, 2.24) is 5.32 Å². The van der Waals surface area contributed by atoms with Crippen LogP contribution in [0.4, 0.5) is 0 Å². The minimum absolute atomic E-state index is 0.136. The second-order valence-corrected chi connectivity index (χ2v) is 6.94. The third-order valence-electron chi connectivity index (χ3n) is 3.68. The molecule has 0 fully saturated rings. The maximum atomic E-state index is 12.4. The topological polar surface area (TPSA) is 29.1 Å². The highest BCUT2D eigenvalue weighted by atomic mass is 32.2. The summed E-state index contributed by atoms with van der Waals surface area (Å²) in [4.78, 5) is 0. The molecule has 0 amide bonds. The largest absolute Gasteiger partial charge is 0.312 e. The van der Waals surface area contributed by atoms with Crippen LogP contribution in [0.3, 0.4) is 0 Å². The molecule has 0 saturated heterocycles. The minimum Gasteiger partial charge on any atom is -0.312 e. The first-order valence-electron chi connectivity index (χ1n) is 7.23. The van der Waals surface area contributed by atoms with Crippen molar-refractivity contribution in [3.05, 3.63) is 70.8 Å². The lowest BCUT2D eigenvalue weighted by molar-refractivity contribution is 0.633. The predicted molar refractivity (Wildman–Crippen MR) is 90.9 cm³/mol. The van der Waals surface area contributed by atoms with Crippen molar-refractivity contribution in [3.63, 3.8) is 0 Å². The summed E-state index contributed by atoms with van der Waals surface area (Å²) in [5.74, 6) is 1.25. The van der Waals surface area contributed by atoms with E-state index in [1.54, 1.807) is 0 Å². The molecule has 2 unspecified atom stereocenters. The Morgan fingerprint density at radius 1 is 1.10 bits per heavy atom. The van der Waals surface area contributed by atoms with Crippen LogP contribution in [0.1, 0.15) is 28.3 Å². The highest BCUT2D eigenvalue weighted by Crippen LogP contribution is 2.19. The summed E-state index contributed by atoms with van der Waals surface area (Å²) in [5, 5.41) is 3.29. The summed E-state index contributed by atoms with van der Waals surface area (Å²) in [6, 6.07) is 16.7. The molecule has 0 aliphatic heterocycles. The molecule has 3 heteroatoms. The molecule has 21 heavy (non-hydrogen) atoms. The van der Waals surface area contributed by atoms with Crippen LogP contribution in [0, 0.1) is 13.8 Å². The van der Waals surface area contributed by atoms with Gasteiger partial charge in [0.1, 0.15) is 0 Å². The van der Waals surface area contributed by atoms with Gasteiger partial charge in [0.2, 0.25) is 0 Å². The average Bonchev–Trinajstić information content (AvgIpc) is 2.45. The predicted octanol–water partition coefficient (Wildman–Crippen LogP) is 3.51. The van der Waals surface area contributed by atoms with Gasteiger partial charge in [-0.1, -0.05) is 54.1 Å². The highest BCUT2D eigenvalue weighted by molar-refractivity contribution is 7.84. The molecule has 1 N–H and O–H groups in total. The molecular weight excluding hydrogens is 278 g/mol. The van der Waals surface area contributed by atoms with Crippen LogP contribution in [-0.4, -0.2) is 17.0 Å². The van der Waals surface area contributed by atoms with Gasteiger partial charge in [0.05, 0.1) is 0 Å². The number of rotatable bonds is 6. The summed E-state index contributed by atoms with van der Waals surface area (Å²) in [5.41, 5.74) is 4.84. The monoisotopic (exact) mass is 301 g/mol. The molecule has 2 aromatic carbocycles. The summed E-state index contributed by atoms with van der Waals surface area (Å²) in [7, 11) is 1.05. The van der Waals surface area contributed by atoms with Crippen molar-refractivity contribution < 1.29 is 4.21 Å². The molecule has 0 aliphatic carbocycles. The fourth-order valence-corrected chi connectivity index (χ4v) is 3.93. The van der Waals surface area contributed by atoms with Gasteiger partial charge in [-0.05, 0) is 37.6 Å². The standard InChI is InChI=1S/C18H23NOS/c1-14-7-6-9-16(11-14)12-21(20)13-18(19-3)17-10-5-4-8-15(17)2/h4-11,18-19H,12-13H2,1-3H3. The molecule has 112 valence electrons. The quantitative estimate of drug-likeness (QED) is 0.884. The Morgan fingerprint density at radius 3 is 2.52 bits per heavy atom. The smallest absolute Gasteiger partial charge is 0.0486 e. The van der Waals surface area contributed by atoms with E-state index >= 15 is 0 Å². The fourth-order valence-electron chi connectivity index (χ4n) is 2.54. The maximum absolute atomic E-state index is 12.4. The Morgan fingerprint density at radius 2 is 1.86 bits per heavy atom. The van der Waals surface area contributed by atoms with Gasteiger partial charge in [-0.3, -0.25) is 4.21 Å². The summed E-state index contributed by atoms with van der Waals surface area (Å²) in [6.07, 6.45) is 0. The van der Waals surface area contributed by atoms with Crippen LogP contribution >= 0.6 is 0 Å². The first-order valence-corrected chi connectivity index (χ1v) is 8.72. The van der Waals surface area contributed by atoms with E-state index in [1.807, 2.05) is 31.3 Å². The normalized spacial score (nSPS) is 13.9. The SMILES string of the molecule is CNC(CS(=O)Cc1cccc(C)c1)c1ccccc1C. The van der Waals surface area contributed by atoms with E-state index in [2.05, 4.69) is 43.4 Å². The molecule has 2 rings (SSSR count). The lowest BCUT2D eigenvalue weighted by Gasteiger charge is -2.18. The van der Waals surface area contributed by atoms with Gasteiger partial charge in [0.25, 0.3) is 0 Å². The maximum Gasteiger partial charge on any atom is 0.0486 e. The van der Waals surface area contributed by atoms with E-state index < -0.39 is 10.8 Å². The third kappa shape index (κ3) is 4.51. The number of nitrogens with one attached hydrogen (secondary N) is 1. The average molecular weight is 301 g/mol. The molecule has 0 bridgehead atoms. The van der Waals surface area contributed by atoms with Crippen LogP contribution in [0.25, 0.3) is 0 Å². The van der Waals surface area contributed by atoms with Crippen molar-refractivity contribution in [1.29, 1.82) is 0 Å². The van der Waals surface area contributed by atoms with Crippen molar-refractivity contribution in [2.45, 2.75) is 25.6 Å². The summed E-state index contributed by atoms with van der Waals surface area (Å²) >= 11 is 0. The van der Waals surface area contributed by atoms with Crippen molar-refractivity contribution in [3.8, 4) is 0 Å². The summed E-state index contributed by atoms with van der Waals surface area (Å²) in [6.45, 7) is 4.17. The molecule has 0 aromatic heterocycles. The molecule has 0 heterocycles. The van der Waals surface area contributed by atoms with E-state index in [9.17, 15) is 4.21 Å². The van der Waals surface area contributed by atoms with Gasteiger partial charge < -0.3 is 5.32 Å². The van der Waals surface area contributed by atoms with Crippen molar-refractivity contribution >= 4 is 10.8 Å². The zero-order valence-corrected chi connectivity index (χ0v) is 13.7. The molecule has 0 radical (unpaired) electrons. The molecule has 0 saturated carbocycles. The second kappa shape index (κ2) is 7.53. The van der Waals surface area contributed by atoms with Crippen LogP contribution in [0.2, 0.25) is 0 Å². The van der Waals surface area contributed by atoms with Gasteiger partial charge in [0.15, 0.2) is 0 Å². The van der Waals surface area contributed by atoms with E-state index in [0.717, 1.165) is 5.56 Å². The van der Waals surface area contributed by atoms with E-state index in [1.165, 1.54) is 16.7 Å². The molecular formula is C18H23NOS. The van der Waals surface area contributed by atoms with E-state index in [4.69, 9.17) is 0 Å². The number of hydrogen-bond donors (Lipinski definition) is 1. The van der Waals surface area contributed by atoms with Gasteiger partial charge in [-0.2, -0.15) is 0 Å². The molecule has 0 aliphatic rings. The first-order chi connectivity index (χ1) is 10.1. The first kappa shape index (κ1) is 15.9. The second-order valence-electron chi connectivity index (χ2n) is 5.44. The van der Waals surface area contributed by atoms with Crippen LogP contribution in [0.5, 0.6) is 0 Å². The van der Waals surface area contributed by atoms with Crippen molar-refractivity contribution in [2.24, 2.45) is 0 Å². The van der Waals surface area contributed by atoms with E-state index in [0.29, 0.717) is 11.5 Å². The Balaban J connectivity index is 2.05. The van der Waals surface area contributed by atoms with E-state index in [-0.39, 0.29) is 6.04 Å². The third-order valence-corrected chi connectivity index (χ3v) is 5.04. The zero-order chi connectivity index (χ0) is 15.2. The number of aryl methyl sites for hydroxylation is 2. The number of hydrogen-bond acceptors (Lipinski definition) is 2. The van der Waals surface area contributed by atoms with Crippen molar-refractivity contribution in [2.75, 3.05) is 12.8 Å². The molecule has 0 spiro atoms. The van der Waals surface area contributed by atoms with Gasteiger partial charge in [0, 0.05) is 28.3 Å². The number of benzene rings is 2. The van der Waals surface area contributed by atoms with Gasteiger partial charge >= 0.3 is 0 Å². The zero-order valence-electron chi connectivity index (χ0n) is 12.9. The lowest BCUT2D eigenvalue weighted by atomic mass is 10.0. The fraction of sp³-hybridized carbons (Fsp3) is 0.333. The molecule has 2 nitrogen and oxygen atoms in total. The summed E-state index contributed by atoms with van der Waals surface area (Å²) < 4.78 is 12.4. The lowest BCUT2D eigenvalue weighted by Crippen LogP contribution is -2.24. The Kier molecular flexibility index (Phi) is 5.71.